The normalized spacial score (nSPS) is 11.1. The number of halogens is 2. The minimum Gasteiger partial charge on any atom is -0.463 e. The van der Waals surface area contributed by atoms with Crippen molar-refractivity contribution in [1.29, 1.82) is 0 Å². The summed E-state index contributed by atoms with van der Waals surface area (Å²) >= 11 is 11.7. The molecule has 1 rings (SSSR count). The van der Waals surface area contributed by atoms with Gasteiger partial charge in [0.1, 0.15) is 0 Å². The quantitative estimate of drug-likeness (QED) is 0.568. The number of amides is 2. The number of hydrogen-bond donors (Lipinski definition) is 3. The van der Waals surface area contributed by atoms with E-state index in [1.807, 2.05) is 0 Å². The van der Waals surface area contributed by atoms with E-state index in [2.05, 4.69) is 10.3 Å². The standard InChI is InChI=1S/C10H9Cl2N3O3/c11-6-2-1-3-7(12)5(6)4-8(16)14-9(13)15-10(17)18/h1-3H,4H2,(H,17,18)(H3,13,14,15,16). The van der Waals surface area contributed by atoms with Crippen molar-refractivity contribution < 1.29 is 14.7 Å². The third-order valence-corrected chi connectivity index (χ3v) is 2.59. The average Bonchev–Trinajstić information content (AvgIpc) is 2.22. The molecule has 96 valence electrons. The third kappa shape index (κ3) is 4.23. The highest BCUT2D eigenvalue weighted by Gasteiger charge is 2.11. The summed E-state index contributed by atoms with van der Waals surface area (Å²) in [7, 11) is 0. The van der Waals surface area contributed by atoms with E-state index in [0.717, 1.165) is 0 Å². The second kappa shape index (κ2) is 6.23. The zero-order chi connectivity index (χ0) is 13.7. The molecule has 0 aromatic heterocycles. The van der Waals surface area contributed by atoms with Crippen molar-refractivity contribution in [3.63, 3.8) is 0 Å². The van der Waals surface area contributed by atoms with Crippen LogP contribution in [0.3, 0.4) is 0 Å². The molecule has 1 aromatic rings. The van der Waals surface area contributed by atoms with Gasteiger partial charge in [-0.25, -0.2) is 4.79 Å². The summed E-state index contributed by atoms with van der Waals surface area (Å²) in [5.74, 6) is -1.07. The minimum absolute atomic E-state index is 0.131. The molecule has 0 unspecified atom stereocenters. The Morgan fingerprint density at radius 1 is 1.33 bits per heavy atom. The Labute approximate surface area is 112 Å². The van der Waals surface area contributed by atoms with Crippen molar-refractivity contribution in [1.82, 2.24) is 5.32 Å². The number of nitrogens with one attached hydrogen (secondary N) is 1. The summed E-state index contributed by atoms with van der Waals surface area (Å²) in [5.41, 5.74) is 5.61. The monoisotopic (exact) mass is 289 g/mol. The van der Waals surface area contributed by atoms with Crippen molar-refractivity contribution >= 4 is 41.2 Å². The Morgan fingerprint density at radius 2 is 1.89 bits per heavy atom. The van der Waals surface area contributed by atoms with Gasteiger partial charge in [-0.2, -0.15) is 0 Å². The van der Waals surface area contributed by atoms with Crippen LogP contribution in [0.5, 0.6) is 0 Å². The van der Waals surface area contributed by atoms with Gasteiger partial charge in [0.2, 0.25) is 11.9 Å². The first-order valence-corrected chi connectivity index (χ1v) is 5.45. The van der Waals surface area contributed by atoms with E-state index >= 15 is 0 Å². The lowest BCUT2D eigenvalue weighted by molar-refractivity contribution is -0.119. The largest absolute Gasteiger partial charge is 0.463 e. The van der Waals surface area contributed by atoms with Crippen molar-refractivity contribution in [3.8, 4) is 0 Å². The summed E-state index contributed by atoms with van der Waals surface area (Å²) in [5, 5.41) is 11.1. The van der Waals surface area contributed by atoms with Crippen LogP contribution in [0.2, 0.25) is 10.0 Å². The topological polar surface area (TPSA) is 105 Å². The van der Waals surface area contributed by atoms with Crippen molar-refractivity contribution in [2.24, 2.45) is 10.7 Å². The number of benzene rings is 1. The number of carboxylic acid groups (broad SMARTS) is 1. The van der Waals surface area contributed by atoms with Crippen LogP contribution in [0.15, 0.2) is 23.2 Å². The molecule has 6 nitrogen and oxygen atoms in total. The molecule has 0 bridgehead atoms. The molecule has 2 amide bonds. The van der Waals surface area contributed by atoms with Crippen LogP contribution >= 0.6 is 23.2 Å². The van der Waals surface area contributed by atoms with Crippen LogP contribution in [0.25, 0.3) is 0 Å². The first-order chi connectivity index (χ1) is 8.40. The Bertz CT molecular complexity index is 497. The number of guanidine groups is 1. The average molecular weight is 290 g/mol. The summed E-state index contributed by atoms with van der Waals surface area (Å²) in [6.07, 6.45) is -1.63. The van der Waals surface area contributed by atoms with Gasteiger partial charge in [0.15, 0.2) is 0 Å². The molecule has 18 heavy (non-hydrogen) atoms. The van der Waals surface area contributed by atoms with E-state index in [1.54, 1.807) is 18.2 Å². The highest BCUT2D eigenvalue weighted by molar-refractivity contribution is 6.36. The number of rotatable bonds is 2. The van der Waals surface area contributed by atoms with E-state index in [0.29, 0.717) is 15.6 Å². The molecule has 0 saturated heterocycles. The molecule has 0 fully saturated rings. The fourth-order valence-corrected chi connectivity index (χ4v) is 1.71. The van der Waals surface area contributed by atoms with Crippen LogP contribution in [0, 0.1) is 0 Å². The maximum atomic E-state index is 11.5. The number of carbonyl (C=O) groups is 2. The molecule has 1 aromatic carbocycles. The Balaban J connectivity index is 2.74. The molecule has 0 radical (unpaired) electrons. The van der Waals surface area contributed by atoms with Crippen LogP contribution in [0.4, 0.5) is 4.79 Å². The van der Waals surface area contributed by atoms with Gasteiger partial charge < -0.3 is 10.8 Å². The molecule has 0 aliphatic rings. The van der Waals surface area contributed by atoms with Crippen LogP contribution < -0.4 is 11.1 Å². The highest BCUT2D eigenvalue weighted by atomic mass is 35.5. The highest BCUT2D eigenvalue weighted by Crippen LogP contribution is 2.24. The lowest BCUT2D eigenvalue weighted by Gasteiger charge is -2.07. The van der Waals surface area contributed by atoms with Crippen molar-refractivity contribution in [3.05, 3.63) is 33.8 Å². The number of nitrogens with two attached hydrogens (primary N) is 1. The smallest absolute Gasteiger partial charge is 0.434 e. The zero-order valence-electron chi connectivity index (χ0n) is 8.98. The van der Waals surface area contributed by atoms with Gasteiger partial charge in [-0.3, -0.25) is 10.1 Å². The van der Waals surface area contributed by atoms with Crippen molar-refractivity contribution in [2.45, 2.75) is 6.42 Å². The van der Waals surface area contributed by atoms with E-state index in [4.69, 9.17) is 34.0 Å². The lowest BCUT2D eigenvalue weighted by Crippen LogP contribution is -2.38. The Hall–Kier alpha value is -1.79. The van der Waals surface area contributed by atoms with Crippen LogP contribution in [-0.4, -0.2) is 23.1 Å². The molecule has 0 aliphatic carbocycles. The molecule has 0 atom stereocenters. The van der Waals surface area contributed by atoms with E-state index in [-0.39, 0.29) is 6.42 Å². The van der Waals surface area contributed by atoms with Crippen LogP contribution in [0.1, 0.15) is 5.56 Å². The maximum Gasteiger partial charge on any atom is 0.434 e. The maximum absolute atomic E-state index is 11.5. The molecule has 8 heteroatoms. The Morgan fingerprint density at radius 3 is 2.39 bits per heavy atom. The molecule has 0 spiro atoms. The summed E-state index contributed by atoms with van der Waals surface area (Å²) in [6.45, 7) is 0. The van der Waals surface area contributed by atoms with Gasteiger partial charge in [-0.15, -0.1) is 4.99 Å². The third-order valence-electron chi connectivity index (χ3n) is 1.88. The van der Waals surface area contributed by atoms with Crippen molar-refractivity contribution in [2.75, 3.05) is 0 Å². The summed E-state index contributed by atoms with van der Waals surface area (Å²) in [4.78, 5) is 24.6. The van der Waals surface area contributed by atoms with Crippen LogP contribution in [-0.2, 0) is 11.2 Å². The fourth-order valence-electron chi connectivity index (χ4n) is 1.18. The minimum atomic E-state index is -1.50. The van der Waals surface area contributed by atoms with Gasteiger partial charge in [-0.05, 0) is 17.7 Å². The first kappa shape index (κ1) is 14.3. The molecule has 0 heterocycles. The van der Waals surface area contributed by atoms with Gasteiger partial charge in [0, 0.05) is 10.0 Å². The summed E-state index contributed by atoms with van der Waals surface area (Å²) in [6, 6.07) is 4.82. The first-order valence-electron chi connectivity index (χ1n) is 4.70. The van der Waals surface area contributed by atoms with E-state index in [1.165, 1.54) is 0 Å². The number of carbonyl (C=O) groups excluding carboxylic acids is 1. The van der Waals surface area contributed by atoms with E-state index < -0.39 is 18.0 Å². The predicted molar refractivity (Wildman–Crippen MR) is 68.0 cm³/mol. The fraction of sp³-hybridized carbons (Fsp3) is 0.100. The van der Waals surface area contributed by atoms with Gasteiger partial charge in [0.05, 0.1) is 6.42 Å². The number of hydrogen-bond acceptors (Lipinski definition) is 2. The lowest BCUT2D eigenvalue weighted by atomic mass is 10.1. The second-order valence-electron chi connectivity index (χ2n) is 3.20. The molecule has 0 aliphatic heterocycles. The molecular weight excluding hydrogens is 281 g/mol. The molecular formula is C10H9Cl2N3O3. The molecule has 4 N–H and O–H groups in total. The predicted octanol–water partition coefficient (Wildman–Crippen LogP) is 1.64. The SMILES string of the molecule is NC(=NC(=O)O)NC(=O)Cc1c(Cl)cccc1Cl. The number of nitrogens with zero attached hydrogens (tertiary/aromatic N) is 1. The number of aliphatic imine (C=N–C) groups is 1. The van der Waals surface area contributed by atoms with E-state index in [9.17, 15) is 9.59 Å². The zero-order valence-corrected chi connectivity index (χ0v) is 10.5. The van der Waals surface area contributed by atoms with Gasteiger partial charge >= 0.3 is 6.09 Å². The Kier molecular flexibility index (Phi) is 4.94. The molecule has 0 saturated carbocycles. The second-order valence-corrected chi connectivity index (χ2v) is 4.02. The van der Waals surface area contributed by atoms with Gasteiger partial charge in [0.25, 0.3) is 0 Å². The summed E-state index contributed by atoms with van der Waals surface area (Å²) < 4.78 is 0. The van der Waals surface area contributed by atoms with Gasteiger partial charge in [-0.1, -0.05) is 29.3 Å².